The van der Waals surface area contributed by atoms with Gasteiger partial charge in [0.2, 0.25) is 0 Å². The maximum atomic E-state index is 8.67. The van der Waals surface area contributed by atoms with E-state index in [0.717, 1.165) is 5.69 Å². The van der Waals surface area contributed by atoms with Gasteiger partial charge in [-0.2, -0.15) is 0 Å². The normalized spacial score (nSPS) is 8.80. The number of nitrogens with two attached hydrogens (primary N) is 1. The monoisotopic (exact) mass is 203 g/mol. The smallest absolute Gasteiger partial charge is 0.157 e. The van der Waals surface area contributed by atoms with Crippen LogP contribution in [0, 0.1) is 0 Å². The Morgan fingerprint density at radius 2 is 1.07 bits per heavy atom. The van der Waals surface area contributed by atoms with Gasteiger partial charge < -0.3 is 15.9 Å². The molecule has 0 aromatic heterocycles. The number of phenols is 2. The molecule has 0 saturated heterocycles. The van der Waals surface area contributed by atoms with Crippen molar-refractivity contribution in [3.63, 3.8) is 0 Å². The first kappa shape index (κ1) is 10.9. The van der Waals surface area contributed by atoms with Crippen LogP contribution in [-0.2, 0) is 0 Å². The zero-order valence-electron chi connectivity index (χ0n) is 8.17. The van der Waals surface area contributed by atoms with Gasteiger partial charge in [0.1, 0.15) is 0 Å². The number of aromatic hydroxyl groups is 2. The van der Waals surface area contributed by atoms with E-state index in [1.807, 2.05) is 30.3 Å². The molecule has 0 radical (unpaired) electrons. The number of phenolic OH excluding ortho intramolecular Hbond substituents is 2. The molecule has 0 unspecified atom stereocenters. The number of rotatable bonds is 0. The summed E-state index contributed by atoms with van der Waals surface area (Å²) in [5.74, 6) is -0.153. The van der Waals surface area contributed by atoms with E-state index >= 15 is 0 Å². The summed E-state index contributed by atoms with van der Waals surface area (Å²) in [5.41, 5.74) is 6.18. The minimum absolute atomic E-state index is 0.0764. The quantitative estimate of drug-likeness (QED) is 0.455. The molecular formula is C12H13NO2. The molecule has 0 aliphatic carbocycles. The molecule has 2 aromatic carbocycles. The average Bonchev–Trinajstić information content (AvgIpc) is 2.25. The largest absolute Gasteiger partial charge is 0.504 e. The standard InChI is InChI=1S/C6H7N.C6H6O2/c7-6-4-2-1-3-5-6;7-5-3-1-2-4-6(5)8/h1-5H,7H2;1-4,7-8H. The van der Waals surface area contributed by atoms with E-state index in [0.29, 0.717) is 0 Å². The summed E-state index contributed by atoms with van der Waals surface area (Å²) in [6.45, 7) is 0. The second kappa shape index (κ2) is 5.54. The predicted octanol–water partition coefficient (Wildman–Crippen LogP) is 2.37. The highest BCUT2D eigenvalue weighted by molar-refractivity contribution is 5.36. The topological polar surface area (TPSA) is 66.5 Å². The summed E-state index contributed by atoms with van der Waals surface area (Å²) in [4.78, 5) is 0. The minimum Gasteiger partial charge on any atom is -0.504 e. The molecule has 2 aromatic rings. The Morgan fingerprint density at radius 3 is 1.33 bits per heavy atom. The van der Waals surface area contributed by atoms with Crippen LogP contribution < -0.4 is 5.73 Å². The molecule has 4 N–H and O–H groups in total. The fourth-order valence-corrected chi connectivity index (χ4v) is 0.917. The summed E-state index contributed by atoms with van der Waals surface area (Å²) in [7, 11) is 0. The second-order valence-corrected chi connectivity index (χ2v) is 2.90. The lowest BCUT2D eigenvalue weighted by Gasteiger charge is -1.91. The Labute approximate surface area is 88.4 Å². The van der Waals surface area contributed by atoms with Gasteiger partial charge in [-0.3, -0.25) is 0 Å². The van der Waals surface area contributed by atoms with Crippen LogP contribution in [0.15, 0.2) is 54.6 Å². The Hall–Kier alpha value is -2.16. The molecule has 15 heavy (non-hydrogen) atoms. The first-order chi connectivity index (χ1) is 7.20. The van der Waals surface area contributed by atoms with Gasteiger partial charge in [-0.15, -0.1) is 0 Å². The van der Waals surface area contributed by atoms with Crippen molar-refractivity contribution in [1.29, 1.82) is 0 Å². The molecule has 0 saturated carbocycles. The van der Waals surface area contributed by atoms with E-state index in [-0.39, 0.29) is 11.5 Å². The summed E-state index contributed by atoms with van der Waals surface area (Å²) in [5, 5.41) is 17.3. The van der Waals surface area contributed by atoms with Crippen LogP contribution in [0.3, 0.4) is 0 Å². The average molecular weight is 203 g/mol. The Kier molecular flexibility index (Phi) is 4.04. The van der Waals surface area contributed by atoms with Gasteiger partial charge in [-0.05, 0) is 24.3 Å². The highest BCUT2D eigenvalue weighted by atomic mass is 16.3. The summed E-state index contributed by atoms with van der Waals surface area (Å²) >= 11 is 0. The maximum Gasteiger partial charge on any atom is 0.157 e. The van der Waals surface area contributed by atoms with E-state index < -0.39 is 0 Å². The Balaban J connectivity index is 0.000000151. The number of hydrogen-bond acceptors (Lipinski definition) is 3. The SMILES string of the molecule is Nc1ccccc1.Oc1ccccc1O. The van der Waals surface area contributed by atoms with Gasteiger partial charge >= 0.3 is 0 Å². The van der Waals surface area contributed by atoms with Gasteiger partial charge in [0.05, 0.1) is 0 Å². The van der Waals surface area contributed by atoms with Crippen LogP contribution in [0.5, 0.6) is 11.5 Å². The molecule has 0 bridgehead atoms. The summed E-state index contributed by atoms with van der Waals surface area (Å²) in [6, 6.07) is 15.6. The van der Waals surface area contributed by atoms with E-state index in [4.69, 9.17) is 15.9 Å². The van der Waals surface area contributed by atoms with Crippen LogP contribution in [0.2, 0.25) is 0 Å². The van der Waals surface area contributed by atoms with Crippen LogP contribution in [-0.4, -0.2) is 10.2 Å². The molecule has 0 fully saturated rings. The van der Waals surface area contributed by atoms with Crippen molar-refractivity contribution < 1.29 is 10.2 Å². The minimum atomic E-state index is -0.0764. The number of anilines is 1. The van der Waals surface area contributed by atoms with Crippen LogP contribution in [0.1, 0.15) is 0 Å². The lowest BCUT2D eigenvalue weighted by molar-refractivity contribution is 0.404. The van der Waals surface area contributed by atoms with Gasteiger partial charge in [0.25, 0.3) is 0 Å². The number of para-hydroxylation sites is 3. The third-order valence-electron chi connectivity index (χ3n) is 1.68. The maximum absolute atomic E-state index is 8.67. The Bertz CT molecular complexity index is 380. The number of benzene rings is 2. The van der Waals surface area contributed by atoms with Gasteiger partial charge in [-0.1, -0.05) is 30.3 Å². The van der Waals surface area contributed by atoms with E-state index in [9.17, 15) is 0 Å². The van der Waals surface area contributed by atoms with Gasteiger partial charge in [0.15, 0.2) is 11.5 Å². The molecule has 0 aliphatic heterocycles. The molecule has 0 spiro atoms. The Morgan fingerprint density at radius 1 is 0.667 bits per heavy atom. The van der Waals surface area contributed by atoms with E-state index in [2.05, 4.69) is 0 Å². The second-order valence-electron chi connectivity index (χ2n) is 2.90. The predicted molar refractivity (Wildman–Crippen MR) is 60.6 cm³/mol. The lowest BCUT2D eigenvalue weighted by Crippen LogP contribution is -1.79. The highest BCUT2D eigenvalue weighted by Crippen LogP contribution is 2.21. The molecule has 0 amide bonds. The van der Waals surface area contributed by atoms with Gasteiger partial charge in [0, 0.05) is 5.69 Å². The van der Waals surface area contributed by atoms with Crippen LogP contribution in [0.25, 0.3) is 0 Å². The molecule has 0 atom stereocenters. The molecule has 3 nitrogen and oxygen atoms in total. The zero-order chi connectivity index (χ0) is 11.1. The molecule has 2 rings (SSSR count). The fourth-order valence-electron chi connectivity index (χ4n) is 0.917. The van der Waals surface area contributed by atoms with Crippen molar-refractivity contribution >= 4 is 5.69 Å². The van der Waals surface area contributed by atoms with Crippen molar-refractivity contribution in [1.82, 2.24) is 0 Å². The van der Waals surface area contributed by atoms with E-state index in [1.165, 1.54) is 12.1 Å². The number of hydrogen-bond donors (Lipinski definition) is 3. The first-order valence-electron chi connectivity index (χ1n) is 4.47. The van der Waals surface area contributed by atoms with Crippen molar-refractivity contribution in [2.45, 2.75) is 0 Å². The van der Waals surface area contributed by atoms with Crippen LogP contribution >= 0.6 is 0 Å². The van der Waals surface area contributed by atoms with Crippen molar-refractivity contribution in [2.24, 2.45) is 0 Å². The number of nitrogen functional groups attached to an aromatic ring is 1. The molecule has 0 heterocycles. The summed E-state index contributed by atoms with van der Waals surface area (Å²) in [6.07, 6.45) is 0. The molecular weight excluding hydrogens is 190 g/mol. The molecule has 0 aliphatic rings. The lowest BCUT2D eigenvalue weighted by atomic mass is 10.3. The van der Waals surface area contributed by atoms with Crippen molar-refractivity contribution in [3.05, 3.63) is 54.6 Å². The highest BCUT2D eigenvalue weighted by Gasteiger charge is 1.90. The van der Waals surface area contributed by atoms with Gasteiger partial charge in [-0.25, -0.2) is 0 Å². The van der Waals surface area contributed by atoms with Crippen molar-refractivity contribution in [3.8, 4) is 11.5 Å². The first-order valence-corrected chi connectivity index (χ1v) is 4.47. The summed E-state index contributed by atoms with van der Waals surface area (Å²) < 4.78 is 0. The molecule has 78 valence electrons. The van der Waals surface area contributed by atoms with E-state index in [1.54, 1.807) is 12.1 Å². The third-order valence-corrected chi connectivity index (χ3v) is 1.68. The molecule has 3 heteroatoms. The fraction of sp³-hybridized carbons (Fsp3) is 0. The van der Waals surface area contributed by atoms with Crippen LogP contribution in [0.4, 0.5) is 5.69 Å². The third kappa shape index (κ3) is 4.04. The van der Waals surface area contributed by atoms with Crippen molar-refractivity contribution in [2.75, 3.05) is 5.73 Å². The zero-order valence-corrected chi connectivity index (χ0v) is 8.17.